The molecule has 0 aliphatic carbocycles. The Balaban J connectivity index is 2.89. The van der Waals surface area contributed by atoms with Crippen molar-refractivity contribution in [2.75, 3.05) is 30.3 Å². The molecule has 0 spiro atoms. The van der Waals surface area contributed by atoms with Gasteiger partial charge in [-0.15, -0.1) is 0 Å². The minimum absolute atomic E-state index is 0.158. The molecule has 3 nitrogen and oxygen atoms in total. The van der Waals surface area contributed by atoms with Gasteiger partial charge in [-0.25, -0.2) is 0 Å². The molecule has 0 radical (unpaired) electrons. The number of nitrogens with zero attached hydrogens (tertiary/aromatic N) is 1. The first-order valence-electron chi connectivity index (χ1n) is 5.10. The van der Waals surface area contributed by atoms with Crippen LogP contribution in [0.5, 0.6) is 0 Å². The number of aliphatic hydroxyl groups excluding tert-OH is 1. The summed E-state index contributed by atoms with van der Waals surface area (Å²) in [5.74, 6) is 0. The Labute approximate surface area is 104 Å². The predicted octanol–water partition coefficient (Wildman–Crippen LogP) is 2.08. The lowest BCUT2D eigenvalue weighted by Gasteiger charge is -2.24. The fraction of sp³-hybridized carbons (Fsp3) is 0.455. The molecule has 0 unspecified atom stereocenters. The highest BCUT2D eigenvalue weighted by Crippen LogP contribution is 2.25. The van der Waals surface area contributed by atoms with Crippen LogP contribution in [-0.2, 0) is 0 Å². The second-order valence-electron chi connectivity index (χ2n) is 3.41. The van der Waals surface area contributed by atoms with E-state index in [1.807, 2.05) is 18.2 Å². The summed E-state index contributed by atoms with van der Waals surface area (Å²) in [7, 11) is 0. The third kappa shape index (κ3) is 3.53. The second-order valence-corrected chi connectivity index (χ2v) is 4.66. The van der Waals surface area contributed by atoms with E-state index in [0.717, 1.165) is 27.9 Å². The highest BCUT2D eigenvalue weighted by Gasteiger charge is 2.08. The number of hydrogen-bond donors (Lipinski definition) is 2. The van der Waals surface area contributed by atoms with Crippen molar-refractivity contribution in [3.63, 3.8) is 0 Å². The van der Waals surface area contributed by atoms with Gasteiger partial charge in [-0.2, -0.15) is 0 Å². The van der Waals surface area contributed by atoms with E-state index < -0.39 is 0 Å². The number of rotatable bonds is 5. The zero-order valence-corrected chi connectivity index (χ0v) is 11.1. The Morgan fingerprint density at radius 1 is 1.40 bits per heavy atom. The molecule has 0 bridgehead atoms. The predicted molar refractivity (Wildman–Crippen MR) is 73.2 cm³/mol. The first-order valence-corrected chi connectivity index (χ1v) is 6.17. The van der Waals surface area contributed by atoms with Gasteiger partial charge in [0, 0.05) is 16.7 Å². The Morgan fingerprint density at radius 2 is 2.13 bits per heavy atom. The number of hydrogen-bond acceptors (Lipinski definition) is 3. The Morgan fingerprint density at radius 3 is 2.67 bits per heavy atom. The molecule has 1 aromatic carbocycles. The van der Waals surface area contributed by atoms with E-state index in [1.165, 1.54) is 0 Å². The van der Waals surface area contributed by atoms with Crippen molar-refractivity contribution in [3.05, 3.63) is 21.8 Å². The molecule has 3 N–H and O–H groups in total. The van der Waals surface area contributed by atoms with Gasteiger partial charge in [0.05, 0.1) is 18.0 Å². The highest BCUT2D eigenvalue weighted by atomic mass is 127. The van der Waals surface area contributed by atoms with E-state index in [4.69, 9.17) is 10.8 Å². The molecule has 0 saturated carbocycles. The molecule has 0 aliphatic rings. The first-order chi connectivity index (χ1) is 7.19. The quantitative estimate of drug-likeness (QED) is 0.645. The summed E-state index contributed by atoms with van der Waals surface area (Å²) in [5.41, 5.74) is 7.76. The topological polar surface area (TPSA) is 49.5 Å². The molecule has 0 saturated heterocycles. The normalized spacial score (nSPS) is 10.3. The minimum Gasteiger partial charge on any atom is -0.397 e. The summed E-state index contributed by atoms with van der Waals surface area (Å²) < 4.78 is 1.13. The summed E-state index contributed by atoms with van der Waals surface area (Å²) in [6.45, 7) is 3.84. The van der Waals surface area contributed by atoms with Crippen LogP contribution in [0, 0.1) is 3.57 Å². The Kier molecular flexibility index (Phi) is 5.17. The molecule has 84 valence electrons. The average Bonchev–Trinajstić information content (AvgIpc) is 2.17. The van der Waals surface area contributed by atoms with Gasteiger partial charge in [-0.05, 0) is 47.2 Å². The maximum atomic E-state index is 8.99. The van der Waals surface area contributed by atoms with Crippen LogP contribution >= 0.6 is 22.6 Å². The number of aliphatic hydroxyl groups is 1. The van der Waals surface area contributed by atoms with Crippen LogP contribution in [0.15, 0.2) is 18.2 Å². The van der Waals surface area contributed by atoms with Crippen molar-refractivity contribution >= 4 is 34.0 Å². The van der Waals surface area contributed by atoms with E-state index in [9.17, 15) is 0 Å². The lowest BCUT2D eigenvalue weighted by Crippen LogP contribution is -2.28. The Bertz CT molecular complexity index is 311. The van der Waals surface area contributed by atoms with Gasteiger partial charge in [-0.3, -0.25) is 0 Å². The summed E-state index contributed by atoms with van der Waals surface area (Å²) in [5, 5.41) is 8.99. The minimum atomic E-state index is 0.158. The van der Waals surface area contributed by atoms with Crippen LogP contribution < -0.4 is 10.6 Å². The standard InChI is InChI=1S/C11H17IN2O/c1-2-5-14(6-7-15)11-4-3-9(12)8-10(11)13/h3-4,8,15H,2,5-7,13H2,1H3. The van der Waals surface area contributed by atoms with Gasteiger partial charge in [0.15, 0.2) is 0 Å². The summed E-state index contributed by atoms with van der Waals surface area (Å²) in [6, 6.07) is 6.00. The van der Waals surface area contributed by atoms with Gasteiger partial charge in [-0.1, -0.05) is 6.92 Å². The third-order valence-electron chi connectivity index (χ3n) is 2.19. The molecule has 1 rings (SSSR count). The monoisotopic (exact) mass is 320 g/mol. The molecule has 0 aromatic heterocycles. The third-order valence-corrected chi connectivity index (χ3v) is 2.86. The van der Waals surface area contributed by atoms with Crippen LogP contribution in [0.4, 0.5) is 11.4 Å². The fourth-order valence-corrected chi connectivity index (χ4v) is 2.07. The molecular formula is C11H17IN2O. The van der Waals surface area contributed by atoms with Crippen molar-refractivity contribution < 1.29 is 5.11 Å². The van der Waals surface area contributed by atoms with Gasteiger partial charge in [0.25, 0.3) is 0 Å². The van der Waals surface area contributed by atoms with Crippen molar-refractivity contribution in [1.29, 1.82) is 0 Å². The molecule has 0 fully saturated rings. The summed E-state index contributed by atoms with van der Waals surface area (Å²) in [6.07, 6.45) is 1.05. The number of nitrogen functional groups attached to an aromatic ring is 1. The fourth-order valence-electron chi connectivity index (χ4n) is 1.56. The van der Waals surface area contributed by atoms with E-state index >= 15 is 0 Å². The van der Waals surface area contributed by atoms with E-state index in [0.29, 0.717) is 6.54 Å². The maximum absolute atomic E-state index is 8.99. The largest absolute Gasteiger partial charge is 0.397 e. The zero-order chi connectivity index (χ0) is 11.3. The van der Waals surface area contributed by atoms with Crippen LogP contribution in [0.3, 0.4) is 0 Å². The molecular weight excluding hydrogens is 303 g/mol. The van der Waals surface area contributed by atoms with Crippen LogP contribution in [-0.4, -0.2) is 24.8 Å². The lowest BCUT2D eigenvalue weighted by atomic mass is 10.2. The van der Waals surface area contributed by atoms with Gasteiger partial charge in [0.1, 0.15) is 0 Å². The van der Waals surface area contributed by atoms with Gasteiger partial charge in [0.2, 0.25) is 0 Å². The molecule has 1 aromatic rings. The SMILES string of the molecule is CCCN(CCO)c1ccc(I)cc1N. The van der Waals surface area contributed by atoms with Crippen LogP contribution in [0.2, 0.25) is 0 Å². The van der Waals surface area contributed by atoms with E-state index in [-0.39, 0.29) is 6.61 Å². The smallest absolute Gasteiger partial charge is 0.0606 e. The number of anilines is 2. The number of nitrogens with two attached hydrogens (primary N) is 1. The molecule has 4 heteroatoms. The molecule has 0 aliphatic heterocycles. The molecule has 0 atom stereocenters. The van der Waals surface area contributed by atoms with Gasteiger partial charge < -0.3 is 15.7 Å². The number of halogens is 1. The van der Waals surface area contributed by atoms with Crippen molar-refractivity contribution in [3.8, 4) is 0 Å². The lowest BCUT2D eigenvalue weighted by molar-refractivity contribution is 0.302. The van der Waals surface area contributed by atoms with Crippen molar-refractivity contribution in [2.45, 2.75) is 13.3 Å². The average molecular weight is 320 g/mol. The first kappa shape index (κ1) is 12.6. The van der Waals surface area contributed by atoms with Crippen LogP contribution in [0.1, 0.15) is 13.3 Å². The molecule has 0 amide bonds. The van der Waals surface area contributed by atoms with Crippen LogP contribution in [0.25, 0.3) is 0 Å². The van der Waals surface area contributed by atoms with E-state index in [2.05, 4.69) is 34.4 Å². The summed E-state index contributed by atoms with van der Waals surface area (Å²) in [4.78, 5) is 2.12. The van der Waals surface area contributed by atoms with Gasteiger partial charge >= 0.3 is 0 Å². The highest BCUT2D eigenvalue weighted by molar-refractivity contribution is 14.1. The van der Waals surface area contributed by atoms with E-state index in [1.54, 1.807) is 0 Å². The summed E-state index contributed by atoms with van der Waals surface area (Å²) >= 11 is 2.24. The molecule has 15 heavy (non-hydrogen) atoms. The Hall–Kier alpha value is -0.490. The van der Waals surface area contributed by atoms with Crippen molar-refractivity contribution in [1.82, 2.24) is 0 Å². The van der Waals surface area contributed by atoms with Crippen molar-refractivity contribution in [2.24, 2.45) is 0 Å². The zero-order valence-electron chi connectivity index (χ0n) is 8.91. The second kappa shape index (κ2) is 6.17. The number of benzene rings is 1. The molecule has 0 heterocycles. The maximum Gasteiger partial charge on any atom is 0.0606 e.